The number of hydrogen-bond donors (Lipinski definition) is 1. The van der Waals surface area contributed by atoms with Crippen molar-refractivity contribution in [3.05, 3.63) is 41.0 Å². The first-order chi connectivity index (χ1) is 12.7. The summed E-state index contributed by atoms with van der Waals surface area (Å²) in [7, 11) is 0. The van der Waals surface area contributed by atoms with Crippen molar-refractivity contribution < 1.29 is 19.4 Å². The van der Waals surface area contributed by atoms with Crippen LogP contribution in [-0.2, 0) is 15.1 Å². The van der Waals surface area contributed by atoms with Crippen molar-refractivity contribution in [2.75, 3.05) is 19.7 Å². The number of carboxylic acids is 1. The summed E-state index contributed by atoms with van der Waals surface area (Å²) in [5.41, 5.74) is 1.21. The van der Waals surface area contributed by atoms with Gasteiger partial charge in [-0.15, -0.1) is 0 Å². The summed E-state index contributed by atoms with van der Waals surface area (Å²) in [4.78, 5) is 25.9. The van der Waals surface area contributed by atoms with Crippen molar-refractivity contribution in [2.24, 2.45) is 0 Å². The molecule has 1 saturated heterocycles. The van der Waals surface area contributed by atoms with Crippen molar-refractivity contribution in [3.8, 4) is 11.3 Å². The van der Waals surface area contributed by atoms with E-state index >= 15 is 0 Å². The molecule has 2 aromatic rings. The van der Waals surface area contributed by atoms with E-state index in [0.717, 1.165) is 0 Å². The Labute approximate surface area is 162 Å². The molecule has 0 aliphatic carbocycles. The summed E-state index contributed by atoms with van der Waals surface area (Å²) in [6, 6.07) is 7.21. The molecule has 1 aromatic carbocycles. The van der Waals surface area contributed by atoms with Crippen LogP contribution in [0.4, 0.5) is 0 Å². The van der Waals surface area contributed by atoms with Gasteiger partial charge in [0.05, 0.1) is 29.3 Å². The van der Waals surface area contributed by atoms with E-state index in [0.29, 0.717) is 28.4 Å². The lowest BCUT2D eigenvalue weighted by atomic mass is 10.1. The van der Waals surface area contributed by atoms with Gasteiger partial charge in [-0.3, -0.25) is 9.48 Å². The van der Waals surface area contributed by atoms with Crippen molar-refractivity contribution in [3.63, 3.8) is 0 Å². The van der Waals surface area contributed by atoms with E-state index in [1.807, 2.05) is 39.0 Å². The van der Waals surface area contributed by atoms with E-state index in [2.05, 4.69) is 5.10 Å². The van der Waals surface area contributed by atoms with Crippen LogP contribution in [0.2, 0.25) is 5.02 Å². The zero-order chi connectivity index (χ0) is 19.8. The Hall–Kier alpha value is -2.38. The molecule has 3 rings (SSSR count). The molecule has 1 aliphatic rings. The van der Waals surface area contributed by atoms with Gasteiger partial charge in [-0.1, -0.05) is 29.8 Å². The number of aromatic nitrogens is 2. The Bertz CT molecular complexity index is 872. The summed E-state index contributed by atoms with van der Waals surface area (Å²) in [5.74, 6) is -1.36. The Morgan fingerprint density at radius 2 is 2.00 bits per heavy atom. The number of benzene rings is 1. The molecule has 0 unspecified atom stereocenters. The molecule has 1 aliphatic heterocycles. The average molecular weight is 392 g/mol. The van der Waals surface area contributed by atoms with Crippen molar-refractivity contribution in [1.82, 2.24) is 14.7 Å². The molecule has 1 atom stereocenters. The van der Waals surface area contributed by atoms with Crippen LogP contribution >= 0.6 is 11.6 Å². The molecule has 2 heterocycles. The molecule has 0 radical (unpaired) electrons. The number of carbonyl (C=O) groups excluding carboxylic acids is 1. The number of amides is 1. The summed E-state index contributed by atoms with van der Waals surface area (Å²) in [5, 5.41) is 14.3. The highest BCUT2D eigenvalue weighted by atomic mass is 35.5. The van der Waals surface area contributed by atoms with Crippen LogP contribution in [0.1, 0.15) is 31.1 Å². The molecular weight excluding hydrogens is 370 g/mol. The van der Waals surface area contributed by atoms with E-state index in [4.69, 9.17) is 16.3 Å². The third kappa shape index (κ3) is 3.99. The molecule has 0 bridgehead atoms. The van der Waals surface area contributed by atoms with Crippen LogP contribution in [0.3, 0.4) is 0 Å². The standard InChI is InChI=1S/C19H22ClN3O4/c1-19(2,3)23-10-13(16(21-23)12-6-4-5-7-14(12)20)17(24)22-8-9-27-15(11-22)18(25)26/h4-7,10,15H,8-9,11H2,1-3H3,(H,25,26)/t15-/m1/s1. The van der Waals surface area contributed by atoms with E-state index in [-0.39, 0.29) is 24.6 Å². The monoisotopic (exact) mass is 391 g/mol. The van der Waals surface area contributed by atoms with Gasteiger partial charge in [-0.05, 0) is 26.8 Å². The van der Waals surface area contributed by atoms with Gasteiger partial charge in [0, 0.05) is 18.3 Å². The quantitative estimate of drug-likeness (QED) is 0.869. The second-order valence-electron chi connectivity index (χ2n) is 7.44. The maximum absolute atomic E-state index is 13.2. The zero-order valence-electron chi connectivity index (χ0n) is 15.5. The molecule has 1 N–H and O–H groups in total. The minimum absolute atomic E-state index is 0.00315. The van der Waals surface area contributed by atoms with Crippen LogP contribution in [-0.4, -0.2) is 57.5 Å². The lowest BCUT2D eigenvalue weighted by molar-refractivity contribution is -0.154. The van der Waals surface area contributed by atoms with Crippen LogP contribution in [0.25, 0.3) is 11.3 Å². The Kier molecular flexibility index (Phi) is 5.26. The van der Waals surface area contributed by atoms with Crippen LogP contribution < -0.4 is 0 Å². The minimum Gasteiger partial charge on any atom is -0.479 e. The lowest BCUT2D eigenvalue weighted by Crippen LogP contribution is -2.48. The van der Waals surface area contributed by atoms with Gasteiger partial charge >= 0.3 is 5.97 Å². The summed E-state index contributed by atoms with van der Waals surface area (Å²) in [6.07, 6.45) is 0.677. The Morgan fingerprint density at radius 1 is 1.30 bits per heavy atom. The van der Waals surface area contributed by atoms with E-state index in [9.17, 15) is 14.7 Å². The molecule has 1 aromatic heterocycles. The topological polar surface area (TPSA) is 84.7 Å². The average Bonchev–Trinajstić information content (AvgIpc) is 3.07. The molecule has 1 fully saturated rings. The SMILES string of the molecule is CC(C)(C)n1cc(C(=O)N2CCO[C@@H](C(=O)O)C2)c(-c2ccccc2Cl)n1. The van der Waals surface area contributed by atoms with Crippen LogP contribution in [0.15, 0.2) is 30.5 Å². The van der Waals surface area contributed by atoms with Crippen LogP contribution in [0, 0.1) is 0 Å². The zero-order valence-corrected chi connectivity index (χ0v) is 16.2. The number of hydrogen-bond acceptors (Lipinski definition) is 4. The molecule has 144 valence electrons. The molecular formula is C19H22ClN3O4. The highest BCUT2D eigenvalue weighted by Crippen LogP contribution is 2.31. The van der Waals surface area contributed by atoms with Gasteiger partial charge < -0.3 is 14.7 Å². The maximum Gasteiger partial charge on any atom is 0.334 e. The van der Waals surface area contributed by atoms with Crippen molar-refractivity contribution in [1.29, 1.82) is 0 Å². The Balaban J connectivity index is 2.03. The first kappa shape index (κ1) is 19.4. The third-order valence-electron chi connectivity index (χ3n) is 4.39. The number of morpholine rings is 1. The number of halogens is 1. The normalized spacial score (nSPS) is 17.8. The number of ether oxygens (including phenoxy) is 1. The number of carbonyl (C=O) groups is 2. The molecule has 7 nitrogen and oxygen atoms in total. The molecule has 0 spiro atoms. The fourth-order valence-electron chi connectivity index (χ4n) is 2.88. The predicted molar refractivity (Wildman–Crippen MR) is 101 cm³/mol. The number of carboxylic acid groups (broad SMARTS) is 1. The van der Waals surface area contributed by atoms with Crippen LogP contribution in [0.5, 0.6) is 0 Å². The van der Waals surface area contributed by atoms with Crippen molar-refractivity contribution in [2.45, 2.75) is 32.4 Å². The van der Waals surface area contributed by atoms with Crippen molar-refractivity contribution >= 4 is 23.5 Å². The smallest absolute Gasteiger partial charge is 0.334 e. The fourth-order valence-corrected chi connectivity index (χ4v) is 3.10. The van der Waals surface area contributed by atoms with Gasteiger partial charge in [0.2, 0.25) is 0 Å². The predicted octanol–water partition coefficient (Wildman–Crippen LogP) is 2.88. The lowest BCUT2D eigenvalue weighted by Gasteiger charge is -2.30. The number of nitrogens with zero attached hydrogens (tertiary/aromatic N) is 3. The first-order valence-electron chi connectivity index (χ1n) is 8.67. The minimum atomic E-state index is -1.08. The first-order valence-corrected chi connectivity index (χ1v) is 9.05. The van der Waals surface area contributed by atoms with Gasteiger partial charge in [-0.25, -0.2) is 4.79 Å². The highest BCUT2D eigenvalue weighted by Gasteiger charge is 2.32. The third-order valence-corrected chi connectivity index (χ3v) is 4.72. The number of rotatable bonds is 3. The van der Waals surface area contributed by atoms with E-state index in [1.54, 1.807) is 16.9 Å². The van der Waals surface area contributed by atoms with Gasteiger partial charge in [0.1, 0.15) is 5.69 Å². The van der Waals surface area contributed by atoms with Gasteiger partial charge in [0.25, 0.3) is 5.91 Å². The van der Waals surface area contributed by atoms with E-state index < -0.39 is 12.1 Å². The summed E-state index contributed by atoms with van der Waals surface area (Å²) < 4.78 is 6.94. The molecule has 8 heteroatoms. The molecule has 27 heavy (non-hydrogen) atoms. The second kappa shape index (κ2) is 7.32. The summed E-state index contributed by atoms with van der Waals surface area (Å²) >= 11 is 6.34. The Morgan fingerprint density at radius 3 is 2.63 bits per heavy atom. The van der Waals surface area contributed by atoms with Gasteiger partial charge in [0.15, 0.2) is 6.10 Å². The summed E-state index contributed by atoms with van der Waals surface area (Å²) in [6.45, 7) is 6.46. The maximum atomic E-state index is 13.2. The molecule has 0 saturated carbocycles. The van der Waals surface area contributed by atoms with E-state index in [1.165, 1.54) is 4.90 Å². The fraction of sp³-hybridized carbons (Fsp3) is 0.421. The van der Waals surface area contributed by atoms with Gasteiger partial charge in [-0.2, -0.15) is 5.10 Å². The second-order valence-corrected chi connectivity index (χ2v) is 7.84. The highest BCUT2D eigenvalue weighted by molar-refractivity contribution is 6.33. The molecule has 1 amide bonds. The largest absolute Gasteiger partial charge is 0.479 e. The number of aliphatic carboxylic acids is 1.